The number of fused-ring (bicyclic) bond motifs is 3. The molecule has 3 aromatic rings. The molecule has 0 aromatic heterocycles. The van der Waals surface area contributed by atoms with Crippen molar-refractivity contribution in [2.24, 2.45) is 0 Å². The van der Waals surface area contributed by atoms with Crippen LogP contribution in [0.5, 0.6) is 0 Å². The Kier molecular flexibility index (Phi) is 3.65. The SMILES string of the molecule is CC(CO)(CO)NCc1ccc2c(c1)-c1cccc3cccc-2c13. The minimum atomic E-state index is -0.665. The van der Waals surface area contributed by atoms with Gasteiger partial charge in [-0.1, -0.05) is 48.5 Å². The number of benzene rings is 3. The summed E-state index contributed by atoms with van der Waals surface area (Å²) >= 11 is 0. The molecule has 3 N–H and O–H groups in total. The summed E-state index contributed by atoms with van der Waals surface area (Å²) in [4.78, 5) is 0. The highest BCUT2D eigenvalue weighted by molar-refractivity contribution is 6.15. The number of aliphatic hydroxyl groups excluding tert-OH is 2. The smallest absolute Gasteiger partial charge is 0.0633 e. The van der Waals surface area contributed by atoms with Crippen LogP contribution in [0.1, 0.15) is 12.5 Å². The van der Waals surface area contributed by atoms with Crippen LogP contribution in [0.2, 0.25) is 0 Å². The largest absolute Gasteiger partial charge is 0.394 e. The van der Waals surface area contributed by atoms with Crippen LogP contribution in [0.4, 0.5) is 0 Å². The minimum absolute atomic E-state index is 0.0980. The minimum Gasteiger partial charge on any atom is -0.394 e. The summed E-state index contributed by atoms with van der Waals surface area (Å²) in [5.74, 6) is 0. The van der Waals surface area contributed by atoms with Gasteiger partial charge in [0.25, 0.3) is 0 Å². The predicted molar refractivity (Wildman–Crippen MR) is 97.8 cm³/mol. The van der Waals surface area contributed by atoms with Gasteiger partial charge in [0.15, 0.2) is 0 Å². The zero-order chi connectivity index (χ0) is 16.7. The Hall–Kier alpha value is -2.20. The van der Waals surface area contributed by atoms with Crippen molar-refractivity contribution in [1.82, 2.24) is 5.32 Å². The average molecular weight is 319 g/mol. The molecule has 0 atom stereocenters. The number of aliphatic hydroxyl groups is 2. The van der Waals surface area contributed by atoms with Gasteiger partial charge in [0.1, 0.15) is 0 Å². The molecule has 1 aliphatic rings. The van der Waals surface area contributed by atoms with Crippen molar-refractivity contribution in [3.8, 4) is 22.3 Å². The highest BCUT2D eigenvalue weighted by atomic mass is 16.3. The maximum absolute atomic E-state index is 9.42. The molecule has 24 heavy (non-hydrogen) atoms. The number of hydrogen-bond donors (Lipinski definition) is 3. The molecule has 0 saturated heterocycles. The summed E-state index contributed by atoms with van der Waals surface area (Å²) < 4.78 is 0. The molecular weight excluding hydrogens is 298 g/mol. The van der Waals surface area contributed by atoms with Gasteiger partial charge in [-0.15, -0.1) is 0 Å². The van der Waals surface area contributed by atoms with Crippen LogP contribution < -0.4 is 5.32 Å². The molecule has 4 rings (SSSR count). The van der Waals surface area contributed by atoms with Crippen molar-refractivity contribution in [2.45, 2.75) is 19.0 Å². The molecular formula is C21H21NO2. The molecule has 122 valence electrons. The highest BCUT2D eigenvalue weighted by Crippen LogP contribution is 2.47. The lowest BCUT2D eigenvalue weighted by molar-refractivity contribution is 0.103. The van der Waals surface area contributed by atoms with Crippen molar-refractivity contribution in [3.63, 3.8) is 0 Å². The van der Waals surface area contributed by atoms with Gasteiger partial charge in [-0.25, -0.2) is 0 Å². The third kappa shape index (κ3) is 2.33. The molecule has 0 bridgehead atoms. The molecule has 0 saturated carbocycles. The van der Waals surface area contributed by atoms with Crippen molar-refractivity contribution < 1.29 is 10.2 Å². The highest BCUT2D eigenvalue weighted by Gasteiger charge is 2.23. The van der Waals surface area contributed by atoms with Gasteiger partial charge in [0, 0.05) is 6.54 Å². The van der Waals surface area contributed by atoms with E-state index in [-0.39, 0.29) is 13.2 Å². The fourth-order valence-electron chi connectivity index (χ4n) is 3.43. The van der Waals surface area contributed by atoms with Crippen LogP contribution in [0.3, 0.4) is 0 Å². The third-order valence-electron chi connectivity index (χ3n) is 4.99. The van der Waals surface area contributed by atoms with E-state index in [0.717, 1.165) is 5.56 Å². The normalized spacial score (nSPS) is 12.6. The molecule has 3 nitrogen and oxygen atoms in total. The van der Waals surface area contributed by atoms with Gasteiger partial charge in [-0.3, -0.25) is 0 Å². The maximum atomic E-state index is 9.42. The Balaban J connectivity index is 1.72. The van der Waals surface area contributed by atoms with Crippen molar-refractivity contribution in [1.29, 1.82) is 0 Å². The number of rotatable bonds is 5. The summed E-state index contributed by atoms with van der Waals surface area (Å²) in [6.45, 7) is 2.23. The molecule has 0 heterocycles. The van der Waals surface area contributed by atoms with Crippen molar-refractivity contribution in [2.75, 3.05) is 13.2 Å². The molecule has 1 aliphatic carbocycles. The summed E-state index contributed by atoms with van der Waals surface area (Å²) in [7, 11) is 0. The predicted octanol–water partition coefficient (Wildman–Crippen LogP) is 3.32. The van der Waals surface area contributed by atoms with Gasteiger partial charge in [0.2, 0.25) is 0 Å². The lowest BCUT2D eigenvalue weighted by atomic mass is 10.00. The van der Waals surface area contributed by atoms with Crippen LogP contribution in [0, 0.1) is 0 Å². The first-order valence-corrected chi connectivity index (χ1v) is 8.27. The average Bonchev–Trinajstić information content (AvgIpc) is 2.96. The van der Waals surface area contributed by atoms with E-state index >= 15 is 0 Å². The van der Waals surface area contributed by atoms with Crippen LogP contribution >= 0.6 is 0 Å². The van der Waals surface area contributed by atoms with Crippen LogP contribution in [-0.2, 0) is 6.54 Å². The fourth-order valence-corrected chi connectivity index (χ4v) is 3.43. The quantitative estimate of drug-likeness (QED) is 0.529. The Morgan fingerprint density at radius 1 is 0.833 bits per heavy atom. The van der Waals surface area contributed by atoms with Gasteiger partial charge in [0.05, 0.1) is 18.8 Å². The van der Waals surface area contributed by atoms with E-state index in [1.54, 1.807) is 0 Å². The second-order valence-electron chi connectivity index (χ2n) is 6.82. The van der Waals surface area contributed by atoms with Gasteiger partial charge < -0.3 is 15.5 Å². The molecule has 0 fully saturated rings. The zero-order valence-corrected chi connectivity index (χ0v) is 13.7. The lowest BCUT2D eigenvalue weighted by Crippen LogP contribution is -2.48. The number of nitrogens with one attached hydrogen (secondary N) is 1. The second kappa shape index (κ2) is 5.71. The molecule has 0 unspecified atom stereocenters. The van der Waals surface area contributed by atoms with Gasteiger partial charge in [-0.05, 0) is 51.6 Å². The molecule has 3 aromatic carbocycles. The Labute approximate surface area is 141 Å². The summed E-state index contributed by atoms with van der Waals surface area (Å²) in [6, 6.07) is 19.4. The number of hydrogen-bond acceptors (Lipinski definition) is 3. The first-order chi connectivity index (χ1) is 11.6. The van der Waals surface area contributed by atoms with Crippen LogP contribution in [0.15, 0.2) is 54.6 Å². The maximum Gasteiger partial charge on any atom is 0.0633 e. The Bertz CT molecular complexity index is 908. The van der Waals surface area contributed by atoms with E-state index in [1.807, 2.05) is 6.92 Å². The zero-order valence-electron chi connectivity index (χ0n) is 13.7. The lowest BCUT2D eigenvalue weighted by Gasteiger charge is -2.26. The Morgan fingerprint density at radius 3 is 2.17 bits per heavy atom. The molecule has 0 radical (unpaired) electrons. The molecule has 0 aliphatic heterocycles. The standard InChI is InChI=1S/C21H21NO2/c1-21(12-23,13-24)22-11-14-8-9-16-17-6-2-4-15-5-3-7-18(20(15)17)19(16)10-14/h2-10,22-24H,11-13H2,1H3. The summed E-state index contributed by atoms with van der Waals surface area (Å²) in [5.41, 5.74) is 5.60. The third-order valence-corrected chi connectivity index (χ3v) is 4.99. The first kappa shape index (κ1) is 15.3. The Morgan fingerprint density at radius 2 is 1.50 bits per heavy atom. The summed E-state index contributed by atoms with van der Waals surface area (Å²) in [5, 5.41) is 24.7. The van der Waals surface area contributed by atoms with E-state index in [4.69, 9.17) is 0 Å². The van der Waals surface area contributed by atoms with Crippen LogP contribution in [-0.4, -0.2) is 29.0 Å². The van der Waals surface area contributed by atoms with Gasteiger partial charge >= 0.3 is 0 Å². The topological polar surface area (TPSA) is 52.5 Å². The summed E-state index contributed by atoms with van der Waals surface area (Å²) in [6.07, 6.45) is 0. The fraction of sp³-hybridized carbons (Fsp3) is 0.238. The molecule has 0 amide bonds. The van der Waals surface area contributed by atoms with Crippen LogP contribution in [0.25, 0.3) is 33.0 Å². The van der Waals surface area contributed by atoms with E-state index in [9.17, 15) is 10.2 Å². The monoisotopic (exact) mass is 319 g/mol. The van der Waals surface area contributed by atoms with Crippen molar-refractivity contribution >= 4 is 10.8 Å². The van der Waals surface area contributed by atoms with Gasteiger partial charge in [-0.2, -0.15) is 0 Å². The van der Waals surface area contributed by atoms with E-state index in [0.29, 0.717) is 6.54 Å². The molecule has 0 spiro atoms. The second-order valence-corrected chi connectivity index (χ2v) is 6.82. The van der Waals surface area contributed by atoms with E-state index < -0.39 is 5.54 Å². The first-order valence-electron chi connectivity index (χ1n) is 8.27. The van der Waals surface area contributed by atoms with E-state index in [2.05, 4.69) is 59.9 Å². The van der Waals surface area contributed by atoms with Crippen molar-refractivity contribution in [3.05, 3.63) is 60.2 Å². The molecule has 3 heteroatoms. The van der Waals surface area contributed by atoms with E-state index in [1.165, 1.54) is 33.0 Å².